The summed E-state index contributed by atoms with van der Waals surface area (Å²) in [6, 6.07) is 23.8. The van der Waals surface area contributed by atoms with Gasteiger partial charge in [-0.2, -0.15) is 0 Å². The van der Waals surface area contributed by atoms with Gasteiger partial charge in [0.15, 0.2) is 23.9 Å². The molecule has 4 aromatic rings. The van der Waals surface area contributed by atoms with E-state index in [0.29, 0.717) is 35.1 Å². The number of methoxy groups -OCH3 is 1. The van der Waals surface area contributed by atoms with Gasteiger partial charge in [-0.1, -0.05) is 24.3 Å². The van der Waals surface area contributed by atoms with Crippen LogP contribution in [0.25, 0.3) is 11.8 Å². The molecule has 0 saturated heterocycles. The molecule has 0 radical (unpaired) electrons. The van der Waals surface area contributed by atoms with Crippen molar-refractivity contribution in [3.05, 3.63) is 108 Å². The smallest absolute Gasteiger partial charge is 0.262 e. The summed E-state index contributed by atoms with van der Waals surface area (Å²) in [7, 11) is 1.54. The Morgan fingerprint density at radius 2 is 1.62 bits per heavy atom. The highest BCUT2D eigenvalue weighted by Gasteiger charge is 2.11. The molecule has 0 fully saturated rings. The molecular formula is C30H28N2O5. The van der Waals surface area contributed by atoms with E-state index in [2.05, 4.69) is 5.32 Å². The fourth-order valence-electron chi connectivity index (χ4n) is 3.67. The minimum atomic E-state index is -0.329. The summed E-state index contributed by atoms with van der Waals surface area (Å²) in [5.41, 5.74) is 2.91. The maximum atomic E-state index is 12.7. The van der Waals surface area contributed by atoms with Crippen molar-refractivity contribution in [2.75, 3.05) is 25.6 Å². The first kappa shape index (κ1) is 25.3. The van der Waals surface area contributed by atoms with Crippen LogP contribution in [-0.2, 0) is 4.79 Å². The summed E-state index contributed by atoms with van der Waals surface area (Å²) >= 11 is 0. The summed E-state index contributed by atoms with van der Waals surface area (Å²) < 4.78 is 18.7. The molecule has 0 bridgehead atoms. The van der Waals surface area contributed by atoms with Crippen LogP contribution in [0, 0.1) is 0 Å². The number of ketones is 1. The van der Waals surface area contributed by atoms with Crippen LogP contribution in [0.2, 0.25) is 0 Å². The van der Waals surface area contributed by atoms with Crippen molar-refractivity contribution < 1.29 is 23.8 Å². The van der Waals surface area contributed by atoms with Gasteiger partial charge in [-0.15, -0.1) is 0 Å². The van der Waals surface area contributed by atoms with E-state index in [4.69, 9.17) is 14.2 Å². The number of benzene rings is 3. The Hall–Kier alpha value is -4.78. The van der Waals surface area contributed by atoms with Crippen molar-refractivity contribution in [3.63, 3.8) is 0 Å². The molecule has 1 heterocycles. The number of nitrogens with zero attached hydrogens (tertiary/aromatic N) is 1. The molecule has 0 aliphatic heterocycles. The molecule has 0 unspecified atom stereocenters. The largest absolute Gasteiger partial charge is 0.495 e. The van der Waals surface area contributed by atoms with Gasteiger partial charge in [0, 0.05) is 23.6 Å². The van der Waals surface area contributed by atoms with Crippen LogP contribution in [0.1, 0.15) is 22.8 Å². The maximum Gasteiger partial charge on any atom is 0.262 e. The van der Waals surface area contributed by atoms with Gasteiger partial charge in [-0.3, -0.25) is 9.59 Å². The van der Waals surface area contributed by atoms with E-state index < -0.39 is 0 Å². The maximum absolute atomic E-state index is 12.7. The van der Waals surface area contributed by atoms with Crippen LogP contribution in [0.3, 0.4) is 0 Å². The lowest BCUT2D eigenvalue weighted by molar-refractivity contribution is -0.118. The van der Waals surface area contributed by atoms with Crippen molar-refractivity contribution in [1.29, 1.82) is 0 Å². The molecule has 0 saturated carbocycles. The molecule has 1 amide bonds. The standard InChI is InChI=1S/C30H28N2O5/c1-3-36-29-20-22(10-16-26(33)23-12-14-24(15-13-23)32-18-6-7-19-32)11-17-28(29)37-21-30(34)31-25-8-4-5-9-27(25)35-2/h4-20H,3,21H2,1-2H3,(H,31,34)/b16-10+. The molecule has 37 heavy (non-hydrogen) atoms. The molecule has 188 valence electrons. The second-order valence-corrected chi connectivity index (χ2v) is 8.01. The lowest BCUT2D eigenvalue weighted by Crippen LogP contribution is -2.20. The van der Waals surface area contributed by atoms with Crippen LogP contribution in [0.15, 0.2) is 97.3 Å². The monoisotopic (exact) mass is 496 g/mol. The van der Waals surface area contributed by atoms with E-state index in [0.717, 1.165) is 11.3 Å². The Labute approximate surface area is 215 Å². The summed E-state index contributed by atoms with van der Waals surface area (Å²) in [4.78, 5) is 25.1. The normalized spacial score (nSPS) is 10.8. The molecule has 3 aromatic carbocycles. The third-order valence-corrected chi connectivity index (χ3v) is 5.49. The first-order valence-corrected chi connectivity index (χ1v) is 11.9. The zero-order valence-corrected chi connectivity index (χ0v) is 20.7. The van der Waals surface area contributed by atoms with Gasteiger partial charge in [0.2, 0.25) is 0 Å². The number of para-hydroxylation sites is 2. The summed E-state index contributed by atoms with van der Waals surface area (Å²) in [5, 5.41) is 2.77. The van der Waals surface area contributed by atoms with Crippen LogP contribution in [0.5, 0.6) is 17.2 Å². The van der Waals surface area contributed by atoms with Crippen LogP contribution in [0.4, 0.5) is 5.69 Å². The minimum Gasteiger partial charge on any atom is -0.495 e. The number of amides is 1. The van der Waals surface area contributed by atoms with Crippen LogP contribution in [-0.4, -0.2) is 36.6 Å². The quantitative estimate of drug-likeness (QED) is 0.210. The Kier molecular flexibility index (Phi) is 8.39. The Balaban J connectivity index is 1.39. The lowest BCUT2D eigenvalue weighted by atomic mass is 10.1. The average Bonchev–Trinajstić information content (AvgIpc) is 3.47. The van der Waals surface area contributed by atoms with Crippen LogP contribution < -0.4 is 19.5 Å². The first-order valence-electron chi connectivity index (χ1n) is 11.9. The van der Waals surface area contributed by atoms with E-state index in [-0.39, 0.29) is 18.3 Å². The molecule has 0 atom stereocenters. The van der Waals surface area contributed by atoms with E-state index in [1.54, 1.807) is 55.7 Å². The number of allylic oxidation sites excluding steroid dienone is 1. The molecular weight excluding hydrogens is 468 g/mol. The number of hydrogen-bond donors (Lipinski definition) is 1. The minimum absolute atomic E-state index is 0.106. The first-order chi connectivity index (χ1) is 18.1. The fraction of sp³-hybridized carbons (Fsp3) is 0.133. The van der Waals surface area contributed by atoms with Gasteiger partial charge >= 0.3 is 0 Å². The van der Waals surface area contributed by atoms with E-state index >= 15 is 0 Å². The van der Waals surface area contributed by atoms with E-state index in [1.165, 1.54) is 6.08 Å². The lowest BCUT2D eigenvalue weighted by Gasteiger charge is -2.13. The van der Waals surface area contributed by atoms with Crippen molar-refractivity contribution >= 4 is 23.5 Å². The zero-order chi connectivity index (χ0) is 26.0. The molecule has 0 spiro atoms. The molecule has 0 aliphatic carbocycles. The zero-order valence-electron chi connectivity index (χ0n) is 20.7. The van der Waals surface area contributed by atoms with Gasteiger partial charge in [-0.05, 0) is 79.2 Å². The third-order valence-electron chi connectivity index (χ3n) is 5.49. The number of aromatic nitrogens is 1. The predicted molar refractivity (Wildman–Crippen MR) is 144 cm³/mol. The number of ether oxygens (including phenoxy) is 3. The van der Waals surface area contributed by atoms with Gasteiger partial charge in [0.1, 0.15) is 5.75 Å². The molecule has 7 heteroatoms. The van der Waals surface area contributed by atoms with Crippen molar-refractivity contribution in [2.45, 2.75) is 6.92 Å². The van der Waals surface area contributed by atoms with Crippen molar-refractivity contribution in [2.24, 2.45) is 0 Å². The second-order valence-electron chi connectivity index (χ2n) is 8.01. The highest BCUT2D eigenvalue weighted by atomic mass is 16.5. The number of nitrogens with one attached hydrogen (secondary N) is 1. The Morgan fingerprint density at radius 1 is 0.865 bits per heavy atom. The topological polar surface area (TPSA) is 78.8 Å². The fourth-order valence-corrected chi connectivity index (χ4v) is 3.67. The van der Waals surface area contributed by atoms with Crippen molar-refractivity contribution in [1.82, 2.24) is 4.57 Å². The molecule has 7 nitrogen and oxygen atoms in total. The SMILES string of the molecule is CCOc1cc(/C=C/C(=O)c2ccc(-n3cccc3)cc2)ccc1OCC(=O)Nc1ccccc1OC. The number of rotatable bonds is 11. The Bertz CT molecular complexity index is 1380. The van der Waals surface area contributed by atoms with Gasteiger partial charge in [-0.25, -0.2) is 0 Å². The number of anilines is 1. The number of hydrogen-bond acceptors (Lipinski definition) is 5. The number of carbonyl (C=O) groups excluding carboxylic acids is 2. The van der Waals surface area contributed by atoms with Crippen molar-refractivity contribution in [3.8, 4) is 22.9 Å². The van der Waals surface area contributed by atoms with E-state index in [1.807, 2.05) is 60.3 Å². The third kappa shape index (κ3) is 6.67. The predicted octanol–water partition coefficient (Wildman–Crippen LogP) is 5.80. The van der Waals surface area contributed by atoms with Gasteiger partial charge in [0.25, 0.3) is 5.91 Å². The molecule has 0 aliphatic rings. The summed E-state index contributed by atoms with van der Waals surface area (Å²) in [6.07, 6.45) is 7.15. The summed E-state index contributed by atoms with van der Waals surface area (Å²) in [6.45, 7) is 2.08. The molecule has 1 N–H and O–H groups in total. The highest BCUT2D eigenvalue weighted by molar-refractivity contribution is 6.06. The molecule has 1 aromatic heterocycles. The average molecular weight is 497 g/mol. The van der Waals surface area contributed by atoms with E-state index in [9.17, 15) is 9.59 Å². The Morgan fingerprint density at radius 3 is 2.35 bits per heavy atom. The highest BCUT2D eigenvalue weighted by Crippen LogP contribution is 2.29. The summed E-state index contributed by atoms with van der Waals surface area (Å²) in [5.74, 6) is 1.04. The second kappa shape index (κ2) is 12.3. The van der Waals surface area contributed by atoms with Gasteiger partial charge < -0.3 is 24.1 Å². The molecule has 4 rings (SSSR count). The number of carbonyl (C=O) groups is 2. The van der Waals surface area contributed by atoms with Gasteiger partial charge in [0.05, 0.1) is 19.4 Å². The van der Waals surface area contributed by atoms with Crippen LogP contribution >= 0.6 is 0 Å².